The van der Waals surface area contributed by atoms with Gasteiger partial charge in [0.05, 0.1) is 16.2 Å². The zero-order chi connectivity index (χ0) is 20.0. The molecule has 10 nitrogen and oxygen atoms in total. The summed E-state index contributed by atoms with van der Waals surface area (Å²) in [6.07, 6.45) is 0. The first-order valence-electron chi connectivity index (χ1n) is 8.12. The number of para-hydroxylation sites is 2. The van der Waals surface area contributed by atoms with Crippen LogP contribution in [0.2, 0.25) is 0 Å². The number of benzene rings is 2. The molecule has 0 saturated carbocycles. The summed E-state index contributed by atoms with van der Waals surface area (Å²) in [5.41, 5.74) is 4.49. The molecule has 4 rings (SSSR count). The first kappa shape index (κ1) is 17.0. The Balaban J connectivity index is 2.08. The Labute approximate surface area is 156 Å². The molecule has 0 fully saturated rings. The molecule has 2 N–H and O–H groups in total. The van der Waals surface area contributed by atoms with Gasteiger partial charge in [0.25, 0.3) is 5.69 Å². The standard InChI is InChI=1S/C18H12N6O4/c19-10-13-15(12-8-4-5-9-14(12)24(27)28)22-17(25)21(11-6-2-1-3-7-11)18(26)23(22)16(13)20/h1-9,15H,20H2. The number of nitriles is 1. The highest BCUT2D eigenvalue weighted by molar-refractivity contribution is 5.62. The van der Waals surface area contributed by atoms with Crippen molar-refractivity contribution in [2.45, 2.75) is 6.04 Å². The summed E-state index contributed by atoms with van der Waals surface area (Å²) in [6, 6.07) is 14.6. The Hall–Kier alpha value is -4.39. The zero-order valence-corrected chi connectivity index (χ0v) is 14.2. The van der Waals surface area contributed by atoms with Crippen LogP contribution < -0.4 is 17.1 Å². The molecule has 28 heavy (non-hydrogen) atoms. The number of hydrogen-bond acceptors (Lipinski definition) is 6. The minimum Gasteiger partial charge on any atom is -0.383 e. The minimum absolute atomic E-state index is 0.0885. The zero-order valence-electron chi connectivity index (χ0n) is 14.2. The van der Waals surface area contributed by atoms with Crippen LogP contribution in [0.25, 0.3) is 11.5 Å². The number of hydrogen-bond donors (Lipinski definition) is 1. The van der Waals surface area contributed by atoms with Crippen molar-refractivity contribution in [3.05, 3.63) is 96.8 Å². The lowest BCUT2D eigenvalue weighted by Crippen LogP contribution is -2.30. The molecule has 2 heterocycles. The predicted octanol–water partition coefficient (Wildman–Crippen LogP) is 0.963. The Morgan fingerprint density at radius 1 is 1.04 bits per heavy atom. The molecule has 0 saturated heterocycles. The van der Waals surface area contributed by atoms with E-state index in [1.807, 2.05) is 6.07 Å². The maximum atomic E-state index is 13.1. The van der Waals surface area contributed by atoms with E-state index in [4.69, 9.17) is 5.73 Å². The van der Waals surface area contributed by atoms with Gasteiger partial charge in [-0.15, -0.1) is 0 Å². The van der Waals surface area contributed by atoms with Crippen LogP contribution in [0, 0.1) is 21.4 Å². The van der Waals surface area contributed by atoms with Crippen molar-refractivity contribution in [2.75, 3.05) is 0 Å². The summed E-state index contributed by atoms with van der Waals surface area (Å²) in [6.45, 7) is 0. The number of rotatable bonds is 3. The van der Waals surface area contributed by atoms with E-state index in [1.54, 1.807) is 36.4 Å². The van der Waals surface area contributed by atoms with Gasteiger partial charge >= 0.3 is 11.4 Å². The maximum Gasteiger partial charge on any atom is 0.358 e. The molecule has 10 heteroatoms. The van der Waals surface area contributed by atoms with Crippen LogP contribution in [0.1, 0.15) is 11.6 Å². The highest BCUT2D eigenvalue weighted by Gasteiger charge is 2.39. The summed E-state index contributed by atoms with van der Waals surface area (Å²) in [5.74, 6) is -0.234. The average Bonchev–Trinajstić information content (AvgIpc) is 3.14. The molecule has 0 aliphatic carbocycles. The predicted molar refractivity (Wildman–Crippen MR) is 98.5 cm³/mol. The second kappa shape index (κ2) is 6.10. The Kier molecular flexibility index (Phi) is 3.71. The monoisotopic (exact) mass is 376 g/mol. The molecule has 0 radical (unpaired) electrons. The molecule has 2 aromatic carbocycles. The lowest BCUT2D eigenvalue weighted by Gasteiger charge is -2.12. The first-order chi connectivity index (χ1) is 13.5. The molecule has 0 spiro atoms. The summed E-state index contributed by atoms with van der Waals surface area (Å²) in [7, 11) is 0. The van der Waals surface area contributed by atoms with Gasteiger partial charge in [-0.2, -0.15) is 9.94 Å². The van der Waals surface area contributed by atoms with E-state index < -0.39 is 22.3 Å². The number of nitrogens with two attached hydrogens (primary N) is 1. The van der Waals surface area contributed by atoms with Crippen LogP contribution in [-0.4, -0.2) is 18.9 Å². The molecule has 3 aromatic rings. The third kappa shape index (κ3) is 2.20. The smallest absolute Gasteiger partial charge is 0.358 e. The lowest BCUT2D eigenvalue weighted by molar-refractivity contribution is -0.385. The third-order valence-corrected chi connectivity index (χ3v) is 4.56. The number of nitro groups is 1. The molecule has 0 amide bonds. The second-order valence-corrected chi connectivity index (χ2v) is 6.02. The second-order valence-electron chi connectivity index (χ2n) is 6.02. The van der Waals surface area contributed by atoms with E-state index >= 15 is 0 Å². The Morgan fingerprint density at radius 2 is 1.68 bits per heavy atom. The summed E-state index contributed by atoms with van der Waals surface area (Å²) in [4.78, 5) is 36.8. The largest absolute Gasteiger partial charge is 0.383 e. The number of nitro benzene ring substituents is 1. The molecular formula is C18H12N6O4. The SMILES string of the molecule is N#CC1=C(N)n2c(=O)n(-c3ccccc3)c(=O)n2C1c1ccccc1[N+](=O)[O-]. The fraction of sp³-hybridized carbons (Fsp3) is 0.0556. The van der Waals surface area contributed by atoms with Crippen molar-refractivity contribution < 1.29 is 4.92 Å². The molecular weight excluding hydrogens is 364 g/mol. The first-order valence-corrected chi connectivity index (χ1v) is 8.12. The fourth-order valence-electron chi connectivity index (χ4n) is 3.37. The molecule has 1 aliphatic rings. The number of fused-ring (bicyclic) bond motifs is 1. The van der Waals surface area contributed by atoms with Crippen molar-refractivity contribution in [1.82, 2.24) is 13.9 Å². The van der Waals surface area contributed by atoms with Gasteiger partial charge < -0.3 is 5.73 Å². The normalized spacial score (nSPS) is 15.3. The Morgan fingerprint density at radius 3 is 2.32 bits per heavy atom. The van der Waals surface area contributed by atoms with Gasteiger partial charge in [0.2, 0.25) is 0 Å². The van der Waals surface area contributed by atoms with Crippen LogP contribution >= 0.6 is 0 Å². The lowest BCUT2D eigenvalue weighted by atomic mass is 9.99. The summed E-state index contributed by atoms with van der Waals surface area (Å²) >= 11 is 0. The van der Waals surface area contributed by atoms with Gasteiger partial charge in [-0.25, -0.2) is 18.8 Å². The Bertz CT molecular complexity index is 1310. The maximum absolute atomic E-state index is 13.1. The van der Waals surface area contributed by atoms with Crippen LogP contribution in [-0.2, 0) is 0 Å². The van der Waals surface area contributed by atoms with Crippen molar-refractivity contribution >= 4 is 11.5 Å². The molecule has 1 unspecified atom stereocenters. The van der Waals surface area contributed by atoms with E-state index in [-0.39, 0.29) is 22.6 Å². The van der Waals surface area contributed by atoms with Crippen molar-refractivity contribution in [1.29, 1.82) is 5.26 Å². The molecule has 1 aromatic heterocycles. The quantitative estimate of drug-likeness (QED) is 0.533. The summed E-state index contributed by atoms with van der Waals surface area (Å²) < 4.78 is 2.77. The van der Waals surface area contributed by atoms with Gasteiger partial charge in [0.1, 0.15) is 23.5 Å². The van der Waals surface area contributed by atoms with Gasteiger partial charge in [-0.1, -0.05) is 30.3 Å². The van der Waals surface area contributed by atoms with Crippen LogP contribution in [0.4, 0.5) is 5.69 Å². The van der Waals surface area contributed by atoms with Crippen LogP contribution in [0.5, 0.6) is 0 Å². The molecule has 1 atom stereocenters. The van der Waals surface area contributed by atoms with Gasteiger partial charge in [-0.3, -0.25) is 10.1 Å². The van der Waals surface area contributed by atoms with Gasteiger partial charge in [-0.05, 0) is 18.2 Å². The molecule has 0 bridgehead atoms. The molecule has 138 valence electrons. The van der Waals surface area contributed by atoms with Gasteiger partial charge in [0, 0.05) is 6.07 Å². The van der Waals surface area contributed by atoms with Crippen molar-refractivity contribution in [2.24, 2.45) is 5.73 Å². The highest BCUT2D eigenvalue weighted by atomic mass is 16.6. The van der Waals surface area contributed by atoms with Crippen molar-refractivity contribution in [3.63, 3.8) is 0 Å². The highest BCUT2D eigenvalue weighted by Crippen LogP contribution is 2.36. The van der Waals surface area contributed by atoms with Crippen LogP contribution in [0.15, 0.2) is 69.8 Å². The van der Waals surface area contributed by atoms with Crippen LogP contribution in [0.3, 0.4) is 0 Å². The topological polar surface area (TPSA) is 142 Å². The van der Waals surface area contributed by atoms with E-state index in [1.165, 1.54) is 18.2 Å². The number of allylic oxidation sites excluding steroid dienone is 1. The van der Waals surface area contributed by atoms with E-state index in [0.29, 0.717) is 5.69 Å². The van der Waals surface area contributed by atoms with E-state index in [2.05, 4.69) is 0 Å². The summed E-state index contributed by atoms with van der Waals surface area (Å²) in [5, 5.41) is 21.0. The molecule has 1 aliphatic heterocycles. The van der Waals surface area contributed by atoms with E-state index in [9.17, 15) is 25.0 Å². The minimum atomic E-state index is -1.18. The average molecular weight is 376 g/mol. The fourth-order valence-corrected chi connectivity index (χ4v) is 3.37. The van der Waals surface area contributed by atoms with Gasteiger partial charge in [0.15, 0.2) is 0 Å². The number of nitrogens with zero attached hydrogens (tertiary/aromatic N) is 5. The van der Waals surface area contributed by atoms with Crippen molar-refractivity contribution in [3.8, 4) is 11.8 Å². The van der Waals surface area contributed by atoms with E-state index in [0.717, 1.165) is 13.9 Å². The third-order valence-electron chi connectivity index (χ3n) is 4.56. The number of aromatic nitrogens is 3.